The third-order valence-electron chi connectivity index (χ3n) is 3.16. The molecular formula is C16H24O3. The number of benzene rings is 1. The summed E-state index contributed by atoms with van der Waals surface area (Å²) in [4.78, 5) is 11.5. The molecule has 3 heteroatoms. The van der Waals surface area contributed by atoms with Gasteiger partial charge in [-0.05, 0) is 43.4 Å². The highest BCUT2D eigenvalue weighted by Gasteiger charge is 2.14. The molecule has 19 heavy (non-hydrogen) atoms. The van der Waals surface area contributed by atoms with Crippen LogP contribution < -0.4 is 4.74 Å². The first-order valence-corrected chi connectivity index (χ1v) is 7.00. The summed E-state index contributed by atoms with van der Waals surface area (Å²) in [5.74, 6) is 0.810. The van der Waals surface area contributed by atoms with E-state index in [2.05, 4.69) is 6.92 Å². The second-order valence-corrected chi connectivity index (χ2v) is 5.17. The molecule has 0 amide bonds. The first-order valence-electron chi connectivity index (χ1n) is 7.00. The van der Waals surface area contributed by atoms with E-state index in [0.717, 1.165) is 6.42 Å². The Kier molecular flexibility index (Phi) is 6.40. The SMILES string of the molecule is CCCCc1ccc(OC(=O)OC(C)C(C)C)cc1. The van der Waals surface area contributed by atoms with Crippen molar-refractivity contribution in [2.75, 3.05) is 0 Å². The van der Waals surface area contributed by atoms with Gasteiger partial charge in [-0.2, -0.15) is 0 Å². The largest absolute Gasteiger partial charge is 0.514 e. The van der Waals surface area contributed by atoms with E-state index < -0.39 is 6.16 Å². The Morgan fingerprint density at radius 1 is 1.16 bits per heavy atom. The average molecular weight is 264 g/mol. The number of carbonyl (C=O) groups is 1. The topological polar surface area (TPSA) is 35.5 Å². The second kappa shape index (κ2) is 7.82. The Morgan fingerprint density at radius 3 is 2.32 bits per heavy atom. The number of ether oxygens (including phenoxy) is 2. The van der Waals surface area contributed by atoms with Crippen LogP contribution in [0, 0.1) is 5.92 Å². The molecule has 0 radical (unpaired) electrons. The fourth-order valence-corrected chi connectivity index (χ4v) is 1.51. The number of aryl methyl sites for hydroxylation is 1. The van der Waals surface area contributed by atoms with Gasteiger partial charge in [0.1, 0.15) is 11.9 Å². The zero-order chi connectivity index (χ0) is 14.3. The Hall–Kier alpha value is -1.51. The van der Waals surface area contributed by atoms with Crippen LogP contribution in [-0.2, 0) is 11.2 Å². The van der Waals surface area contributed by atoms with Gasteiger partial charge >= 0.3 is 6.16 Å². The highest BCUT2D eigenvalue weighted by atomic mass is 16.7. The summed E-state index contributed by atoms with van der Waals surface area (Å²) in [5, 5.41) is 0. The fraction of sp³-hybridized carbons (Fsp3) is 0.562. The summed E-state index contributed by atoms with van der Waals surface area (Å²) < 4.78 is 10.3. The molecule has 0 N–H and O–H groups in total. The molecule has 0 heterocycles. The average Bonchev–Trinajstić information content (AvgIpc) is 2.37. The summed E-state index contributed by atoms with van der Waals surface area (Å²) in [5.41, 5.74) is 1.26. The lowest BCUT2D eigenvalue weighted by Gasteiger charge is -2.16. The molecule has 1 atom stereocenters. The van der Waals surface area contributed by atoms with Crippen molar-refractivity contribution in [3.05, 3.63) is 29.8 Å². The van der Waals surface area contributed by atoms with Crippen LogP contribution >= 0.6 is 0 Å². The van der Waals surface area contributed by atoms with Gasteiger partial charge in [-0.15, -0.1) is 0 Å². The van der Waals surface area contributed by atoms with Crippen molar-refractivity contribution in [3.8, 4) is 5.75 Å². The van der Waals surface area contributed by atoms with Crippen molar-refractivity contribution in [3.63, 3.8) is 0 Å². The van der Waals surface area contributed by atoms with Crippen molar-refractivity contribution in [2.24, 2.45) is 5.92 Å². The second-order valence-electron chi connectivity index (χ2n) is 5.17. The molecule has 0 saturated carbocycles. The minimum atomic E-state index is -0.637. The van der Waals surface area contributed by atoms with Crippen molar-refractivity contribution in [2.45, 2.75) is 53.1 Å². The molecule has 0 aliphatic heterocycles. The van der Waals surface area contributed by atoms with Gasteiger partial charge in [0.05, 0.1) is 0 Å². The maximum atomic E-state index is 11.5. The van der Waals surface area contributed by atoms with E-state index in [0.29, 0.717) is 5.75 Å². The summed E-state index contributed by atoms with van der Waals surface area (Å²) in [6, 6.07) is 7.60. The van der Waals surface area contributed by atoms with Crippen molar-refractivity contribution in [1.29, 1.82) is 0 Å². The highest BCUT2D eigenvalue weighted by molar-refractivity contribution is 5.64. The van der Waals surface area contributed by atoms with E-state index >= 15 is 0 Å². The molecule has 3 nitrogen and oxygen atoms in total. The van der Waals surface area contributed by atoms with Crippen LogP contribution in [0.15, 0.2) is 24.3 Å². The summed E-state index contributed by atoms with van der Waals surface area (Å²) >= 11 is 0. The Labute approximate surface area is 115 Å². The maximum absolute atomic E-state index is 11.5. The molecule has 1 aromatic rings. The predicted octanol–water partition coefficient (Wildman–Crippen LogP) is 4.59. The Morgan fingerprint density at radius 2 is 1.79 bits per heavy atom. The minimum Gasteiger partial charge on any atom is -0.431 e. The monoisotopic (exact) mass is 264 g/mol. The zero-order valence-electron chi connectivity index (χ0n) is 12.3. The van der Waals surface area contributed by atoms with Crippen LogP contribution in [0.1, 0.15) is 46.1 Å². The highest BCUT2D eigenvalue weighted by Crippen LogP contribution is 2.15. The molecule has 1 aromatic carbocycles. The fourth-order valence-electron chi connectivity index (χ4n) is 1.51. The first kappa shape index (κ1) is 15.5. The van der Waals surface area contributed by atoms with Gasteiger partial charge in [0.2, 0.25) is 0 Å². The molecule has 1 unspecified atom stereocenters. The third-order valence-corrected chi connectivity index (χ3v) is 3.16. The van der Waals surface area contributed by atoms with E-state index in [1.807, 2.05) is 45.0 Å². The van der Waals surface area contributed by atoms with E-state index in [-0.39, 0.29) is 12.0 Å². The number of unbranched alkanes of at least 4 members (excludes halogenated alkanes) is 1. The lowest BCUT2D eigenvalue weighted by atomic mass is 10.1. The van der Waals surface area contributed by atoms with Gasteiger partial charge in [0, 0.05) is 0 Å². The first-order chi connectivity index (χ1) is 9.02. The smallest absolute Gasteiger partial charge is 0.431 e. The van der Waals surface area contributed by atoms with Gasteiger partial charge in [0.25, 0.3) is 0 Å². The van der Waals surface area contributed by atoms with E-state index in [4.69, 9.17) is 9.47 Å². The molecular weight excluding hydrogens is 240 g/mol. The Bertz CT molecular complexity index is 381. The van der Waals surface area contributed by atoms with E-state index in [9.17, 15) is 4.79 Å². The number of hydrogen-bond acceptors (Lipinski definition) is 3. The number of hydrogen-bond donors (Lipinski definition) is 0. The van der Waals surface area contributed by atoms with Gasteiger partial charge in [-0.3, -0.25) is 0 Å². The zero-order valence-corrected chi connectivity index (χ0v) is 12.3. The summed E-state index contributed by atoms with van der Waals surface area (Å²) in [7, 11) is 0. The molecule has 0 saturated heterocycles. The lowest BCUT2D eigenvalue weighted by molar-refractivity contribution is 0.0466. The van der Waals surface area contributed by atoms with Crippen LogP contribution in [0.3, 0.4) is 0 Å². The summed E-state index contributed by atoms with van der Waals surface area (Å²) in [6.45, 7) is 8.03. The summed E-state index contributed by atoms with van der Waals surface area (Å²) in [6.07, 6.45) is 2.64. The van der Waals surface area contributed by atoms with Crippen LogP contribution in [0.2, 0.25) is 0 Å². The maximum Gasteiger partial charge on any atom is 0.514 e. The van der Waals surface area contributed by atoms with Gasteiger partial charge < -0.3 is 9.47 Å². The molecule has 0 aromatic heterocycles. The van der Waals surface area contributed by atoms with Crippen molar-refractivity contribution < 1.29 is 14.3 Å². The van der Waals surface area contributed by atoms with Crippen LogP contribution in [0.4, 0.5) is 4.79 Å². The predicted molar refractivity (Wildman–Crippen MR) is 76.5 cm³/mol. The van der Waals surface area contributed by atoms with E-state index in [1.165, 1.54) is 18.4 Å². The molecule has 1 rings (SSSR count). The molecule has 0 aliphatic carbocycles. The third kappa shape index (κ3) is 5.77. The number of rotatable bonds is 6. The van der Waals surface area contributed by atoms with Crippen molar-refractivity contribution >= 4 is 6.16 Å². The van der Waals surface area contributed by atoms with E-state index in [1.54, 1.807) is 0 Å². The standard InChI is InChI=1S/C16H24O3/c1-5-6-7-14-8-10-15(11-9-14)19-16(17)18-13(4)12(2)3/h8-13H,5-7H2,1-4H3. The van der Waals surface area contributed by atoms with Gasteiger partial charge in [-0.25, -0.2) is 4.79 Å². The van der Waals surface area contributed by atoms with Crippen LogP contribution in [0.25, 0.3) is 0 Å². The molecule has 0 aliphatic rings. The van der Waals surface area contributed by atoms with Crippen LogP contribution in [0.5, 0.6) is 5.75 Å². The number of carbonyl (C=O) groups excluding carboxylic acids is 1. The van der Waals surface area contributed by atoms with Gasteiger partial charge in [0.15, 0.2) is 0 Å². The molecule has 0 spiro atoms. The van der Waals surface area contributed by atoms with Crippen molar-refractivity contribution in [1.82, 2.24) is 0 Å². The normalized spacial score (nSPS) is 12.3. The van der Waals surface area contributed by atoms with Crippen LogP contribution in [-0.4, -0.2) is 12.3 Å². The molecule has 106 valence electrons. The molecule has 0 fully saturated rings. The minimum absolute atomic E-state index is 0.142. The Balaban J connectivity index is 2.46. The molecule has 0 bridgehead atoms. The van der Waals surface area contributed by atoms with Gasteiger partial charge in [-0.1, -0.05) is 39.3 Å². The quantitative estimate of drug-likeness (QED) is 0.557. The lowest BCUT2D eigenvalue weighted by Crippen LogP contribution is -2.22.